The van der Waals surface area contributed by atoms with Gasteiger partial charge in [-0.25, -0.2) is 4.98 Å². The molecule has 26 heavy (non-hydrogen) atoms. The molecule has 0 unspecified atom stereocenters. The number of rotatable bonds is 3. The Morgan fingerprint density at radius 3 is 2.23 bits per heavy atom. The normalized spacial score (nSPS) is 14.7. The molecule has 1 aromatic heterocycles. The molecular weight excluding hydrogens is 346 g/mol. The molecule has 0 saturated carbocycles. The van der Waals surface area contributed by atoms with E-state index in [1.165, 1.54) is 0 Å². The monoisotopic (exact) mass is 367 g/mol. The second-order valence-electron chi connectivity index (χ2n) is 6.68. The fourth-order valence-corrected chi connectivity index (χ4v) is 3.64. The molecule has 0 aliphatic carbocycles. The molecule has 1 saturated heterocycles. The first-order valence-electron chi connectivity index (χ1n) is 8.82. The average molecular weight is 368 g/mol. The van der Waals surface area contributed by atoms with Gasteiger partial charge in [0.05, 0.1) is 16.2 Å². The number of fused-ring (bicyclic) bond motifs is 1. The van der Waals surface area contributed by atoms with Crippen molar-refractivity contribution in [2.75, 3.05) is 55.0 Å². The SMILES string of the molecule is CN(C)c1nc(N2CCN(c3ccccc3Cl)CC2)nc2ccccc12. The largest absolute Gasteiger partial charge is 0.367 e. The molecule has 2 aromatic carbocycles. The van der Waals surface area contributed by atoms with Gasteiger partial charge in [-0.1, -0.05) is 35.9 Å². The first kappa shape index (κ1) is 16.9. The third kappa shape index (κ3) is 3.15. The predicted molar refractivity (Wildman–Crippen MR) is 110 cm³/mol. The van der Waals surface area contributed by atoms with Crippen LogP contribution in [-0.4, -0.2) is 50.2 Å². The number of hydrogen-bond donors (Lipinski definition) is 0. The van der Waals surface area contributed by atoms with Gasteiger partial charge in [-0.3, -0.25) is 0 Å². The summed E-state index contributed by atoms with van der Waals surface area (Å²) in [5.74, 6) is 1.75. The van der Waals surface area contributed by atoms with E-state index in [0.717, 1.165) is 59.6 Å². The molecule has 5 nitrogen and oxygen atoms in total. The van der Waals surface area contributed by atoms with Gasteiger partial charge in [0.1, 0.15) is 5.82 Å². The zero-order valence-electron chi connectivity index (χ0n) is 15.1. The van der Waals surface area contributed by atoms with E-state index in [1.807, 2.05) is 55.4 Å². The molecule has 0 bridgehead atoms. The molecule has 0 spiro atoms. The van der Waals surface area contributed by atoms with Gasteiger partial charge < -0.3 is 14.7 Å². The molecule has 0 amide bonds. The van der Waals surface area contributed by atoms with E-state index < -0.39 is 0 Å². The standard InChI is InChI=1S/C20H22ClN5/c1-24(2)19-15-7-3-5-9-17(15)22-20(23-19)26-13-11-25(12-14-26)18-10-6-4-8-16(18)21/h3-10H,11-14H2,1-2H3. The lowest BCUT2D eigenvalue weighted by Gasteiger charge is -2.36. The van der Waals surface area contributed by atoms with Crippen LogP contribution in [-0.2, 0) is 0 Å². The number of hydrogen-bond acceptors (Lipinski definition) is 5. The van der Waals surface area contributed by atoms with Crippen LogP contribution in [0.2, 0.25) is 5.02 Å². The molecule has 6 heteroatoms. The third-order valence-electron chi connectivity index (χ3n) is 4.75. The molecule has 0 radical (unpaired) electrons. The molecular formula is C20H22ClN5. The number of para-hydroxylation sites is 2. The molecule has 2 heterocycles. The van der Waals surface area contributed by atoms with Crippen LogP contribution in [0.1, 0.15) is 0 Å². The van der Waals surface area contributed by atoms with Crippen molar-refractivity contribution in [2.24, 2.45) is 0 Å². The van der Waals surface area contributed by atoms with Gasteiger partial charge in [0.25, 0.3) is 0 Å². The predicted octanol–water partition coefficient (Wildman–Crippen LogP) is 3.68. The highest BCUT2D eigenvalue weighted by Gasteiger charge is 2.22. The smallest absolute Gasteiger partial charge is 0.228 e. The lowest BCUT2D eigenvalue weighted by atomic mass is 10.2. The van der Waals surface area contributed by atoms with E-state index in [-0.39, 0.29) is 0 Å². The molecule has 1 aliphatic heterocycles. The maximum absolute atomic E-state index is 6.35. The van der Waals surface area contributed by atoms with Crippen molar-refractivity contribution in [3.05, 3.63) is 53.6 Å². The van der Waals surface area contributed by atoms with Crippen LogP contribution in [0.15, 0.2) is 48.5 Å². The van der Waals surface area contributed by atoms with Crippen LogP contribution in [0.5, 0.6) is 0 Å². The second kappa shape index (κ2) is 7.00. The molecule has 3 aromatic rings. The van der Waals surface area contributed by atoms with Gasteiger partial charge >= 0.3 is 0 Å². The Labute approximate surface area is 158 Å². The first-order valence-corrected chi connectivity index (χ1v) is 9.20. The van der Waals surface area contributed by atoms with Crippen molar-refractivity contribution >= 4 is 40.0 Å². The van der Waals surface area contributed by atoms with Gasteiger partial charge in [0.15, 0.2) is 0 Å². The fourth-order valence-electron chi connectivity index (χ4n) is 3.39. The van der Waals surface area contributed by atoms with Crippen LogP contribution in [0.25, 0.3) is 10.9 Å². The number of halogens is 1. The molecule has 0 N–H and O–H groups in total. The fraction of sp³-hybridized carbons (Fsp3) is 0.300. The number of anilines is 3. The molecule has 0 atom stereocenters. The van der Waals surface area contributed by atoms with Crippen molar-refractivity contribution in [1.82, 2.24) is 9.97 Å². The summed E-state index contributed by atoms with van der Waals surface area (Å²) in [7, 11) is 4.04. The van der Waals surface area contributed by atoms with Crippen LogP contribution < -0.4 is 14.7 Å². The topological polar surface area (TPSA) is 35.5 Å². The summed E-state index contributed by atoms with van der Waals surface area (Å²) in [5.41, 5.74) is 2.08. The van der Waals surface area contributed by atoms with E-state index >= 15 is 0 Å². The van der Waals surface area contributed by atoms with E-state index in [0.29, 0.717) is 0 Å². The van der Waals surface area contributed by atoms with Gasteiger partial charge in [-0.2, -0.15) is 4.98 Å². The summed E-state index contributed by atoms with van der Waals surface area (Å²) in [5, 5.41) is 1.88. The summed E-state index contributed by atoms with van der Waals surface area (Å²) in [6, 6.07) is 16.2. The van der Waals surface area contributed by atoms with Crippen molar-refractivity contribution < 1.29 is 0 Å². The Morgan fingerprint density at radius 1 is 0.846 bits per heavy atom. The maximum atomic E-state index is 6.35. The van der Waals surface area contributed by atoms with Crippen molar-refractivity contribution in [1.29, 1.82) is 0 Å². The summed E-state index contributed by atoms with van der Waals surface area (Å²) in [4.78, 5) is 16.3. The quantitative estimate of drug-likeness (QED) is 0.705. The van der Waals surface area contributed by atoms with Crippen molar-refractivity contribution in [2.45, 2.75) is 0 Å². The number of benzene rings is 2. The number of aromatic nitrogens is 2. The Balaban J connectivity index is 1.59. The van der Waals surface area contributed by atoms with Crippen LogP contribution >= 0.6 is 11.6 Å². The first-order chi connectivity index (χ1) is 12.6. The van der Waals surface area contributed by atoms with Crippen molar-refractivity contribution in [3.63, 3.8) is 0 Å². The van der Waals surface area contributed by atoms with Gasteiger partial charge in [0.2, 0.25) is 5.95 Å². The van der Waals surface area contributed by atoms with Crippen LogP contribution in [0.4, 0.5) is 17.5 Å². The number of nitrogens with zero attached hydrogens (tertiary/aromatic N) is 5. The summed E-state index contributed by atoms with van der Waals surface area (Å²) in [6.07, 6.45) is 0. The summed E-state index contributed by atoms with van der Waals surface area (Å²) in [6.45, 7) is 3.54. The highest BCUT2D eigenvalue weighted by molar-refractivity contribution is 6.33. The Bertz CT molecular complexity index is 919. The van der Waals surface area contributed by atoms with E-state index in [2.05, 4.69) is 21.9 Å². The zero-order valence-corrected chi connectivity index (χ0v) is 15.8. The number of piperazine rings is 1. The van der Waals surface area contributed by atoms with E-state index in [4.69, 9.17) is 21.6 Å². The van der Waals surface area contributed by atoms with Crippen LogP contribution in [0, 0.1) is 0 Å². The van der Waals surface area contributed by atoms with E-state index in [9.17, 15) is 0 Å². The minimum atomic E-state index is 0.797. The molecule has 134 valence electrons. The highest BCUT2D eigenvalue weighted by atomic mass is 35.5. The van der Waals surface area contributed by atoms with Gasteiger partial charge in [-0.05, 0) is 24.3 Å². The average Bonchev–Trinajstić information content (AvgIpc) is 2.67. The lowest BCUT2D eigenvalue weighted by molar-refractivity contribution is 0.641. The third-order valence-corrected chi connectivity index (χ3v) is 5.07. The molecule has 4 rings (SSSR count). The minimum absolute atomic E-state index is 0.797. The van der Waals surface area contributed by atoms with Crippen molar-refractivity contribution in [3.8, 4) is 0 Å². The minimum Gasteiger partial charge on any atom is -0.367 e. The zero-order chi connectivity index (χ0) is 18.1. The highest BCUT2D eigenvalue weighted by Crippen LogP contribution is 2.28. The Morgan fingerprint density at radius 2 is 1.50 bits per heavy atom. The summed E-state index contributed by atoms with van der Waals surface area (Å²) >= 11 is 6.35. The Kier molecular flexibility index (Phi) is 4.55. The van der Waals surface area contributed by atoms with Gasteiger partial charge in [0, 0.05) is 45.7 Å². The molecule has 1 aliphatic rings. The maximum Gasteiger partial charge on any atom is 0.228 e. The lowest BCUT2D eigenvalue weighted by Crippen LogP contribution is -2.47. The summed E-state index contributed by atoms with van der Waals surface area (Å²) < 4.78 is 0. The van der Waals surface area contributed by atoms with Gasteiger partial charge in [-0.15, -0.1) is 0 Å². The second-order valence-corrected chi connectivity index (χ2v) is 7.09. The molecule has 1 fully saturated rings. The van der Waals surface area contributed by atoms with E-state index in [1.54, 1.807) is 0 Å². The van der Waals surface area contributed by atoms with Crippen LogP contribution in [0.3, 0.4) is 0 Å². The Hall–Kier alpha value is -2.53.